The summed E-state index contributed by atoms with van der Waals surface area (Å²) in [6.45, 7) is 9.37. The summed E-state index contributed by atoms with van der Waals surface area (Å²) in [6, 6.07) is -1.18. The number of allylic oxidation sites excluding steroid dienone is 2. The van der Waals surface area contributed by atoms with Crippen LogP contribution in [0.2, 0.25) is 0 Å². The first-order valence-corrected chi connectivity index (χ1v) is 15.6. The van der Waals surface area contributed by atoms with Gasteiger partial charge in [0.1, 0.15) is 0 Å². The van der Waals surface area contributed by atoms with Crippen molar-refractivity contribution in [3.8, 4) is 0 Å². The van der Waals surface area contributed by atoms with E-state index in [1.807, 2.05) is 32.1 Å². The Morgan fingerprint density at radius 1 is 1.14 bits per heavy atom. The van der Waals surface area contributed by atoms with Gasteiger partial charge in [-0.25, -0.2) is 0 Å². The van der Waals surface area contributed by atoms with Crippen LogP contribution in [0.15, 0.2) is 23.8 Å². The standard InChI is InChI=1S/C32H54N4O7/c1-9-20(2)29(35(6)28(39)19-33-23(5)37)26(42-7)18-27(38)36-17-13-16-25(36)31(43-8)21(3)32(41)34-22(4)30(40)24-14-11-10-12-15-24/h11,14-15,20-22,25-26,29-31,40H,9-10,12-13,16-19H2,1-8H3,(H,33,37)(H,34,41)/t20-,21+,22+,25-,26+,29-,30+,31+/m0/s1. The highest BCUT2D eigenvalue weighted by Crippen LogP contribution is 2.29. The summed E-state index contributed by atoms with van der Waals surface area (Å²) in [6.07, 6.45) is 8.09. The molecular formula is C32H54N4O7. The fourth-order valence-corrected chi connectivity index (χ4v) is 6.23. The Kier molecular flexibility index (Phi) is 14.8. The molecule has 1 aliphatic heterocycles. The number of aliphatic hydroxyl groups excluding tert-OH is 1. The van der Waals surface area contributed by atoms with Gasteiger partial charge in [0, 0.05) is 34.7 Å². The van der Waals surface area contributed by atoms with E-state index in [0.29, 0.717) is 13.0 Å². The molecule has 0 radical (unpaired) electrons. The highest BCUT2D eigenvalue weighted by atomic mass is 16.5. The normalized spacial score (nSPS) is 21.6. The van der Waals surface area contributed by atoms with Crippen molar-refractivity contribution in [3.05, 3.63) is 23.8 Å². The van der Waals surface area contributed by atoms with Gasteiger partial charge in [-0.05, 0) is 44.1 Å². The number of carbonyl (C=O) groups excluding carboxylic acids is 4. The van der Waals surface area contributed by atoms with E-state index in [4.69, 9.17) is 9.47 Å². The highest BCUT2D eigenvalue weighted by Gasteiger charge is 2.42. The van der Waals surface area contributed by atoms with Crippen molar-refractivity contribution in [2.24, 2.45) is 11.8 Å². The number of aliphatic hydroxyl groups is 1. The fraction of sp³-hybridized carbons (Fsp3) is 0.750. The van der Waals surface area contributed by atoms with E-state index in [1.54, 1.807) is 44.9 Å². The number of likely N-dealkylation sites (tertiary alicyclic amines) is 1. The van der Waals surface area contributed by atoms with Gasteiger partial charge in [-0.3, -0.25) is 19.2 Å². The summed E-state index contributed by atoms with van der Waals surface area (Å²) in [5.41, 5.74) is 0.799. The van der Waals surface area contributed by atoms with Crippen LogP contribution in [0.25, 0.3) is 0 Å². The van der Waals surface area contributed by atoms with Gasteiger partial charge in [0.15, 0.2) is 0 Å². The molecule has 8 atom stereocenters. The van der Waals surface area contributed by atoms with E-state index in [0.717, 1.165) is 31.3 Å². The lowest BCUT2D eigenvalue weighted by Crippen LogP contribution is -2.54. The first-order chi connectivity index (χ1) is 20.4. The smallest absolute Gasteiger partial charge is 0.242 e. The van der Waals surface area contributed by atoms with Crippen molar-refractivity contribution in [2.75, 3.05) is 34.4 Å². The summed E-state index contributed by atoms with van der Waals surface area (Å²) in [4.78, 5) is 54.7. The van der Waals surface area contributed by atoms with E-state index in [1.165, 1.54) is 6.92 Å². The summed E-state index contributed by atoms with van der Waals surface area (Å²) < 4.78 is 11.7. The van der Waals surface area contributed by atoms with Crippen LogP contribution < -0.4 is 10.6 Å². The zero-order chi connectivity index (χ0) is 32.3. The van der Waals surface area contributed by atoms with E-state index in [9.17, 15) is 24.3 Å². The number of rotatable bonds is 16. The van der Waals surface area contributed by atoms with Crippen molar-refractivity contribution in [3.63, 3.8) is 0 Å². The van der Waals surface area contributed by atoms with E-state index >= 15 is 0 Å². The van der Waals surface area contributed by atoms with Crippen molar-refractivity contribution in [2.45, 2.75) is 110 Å². The van der Waals surface area contributed by atoms with Gasteiger partial charge in [-0.2, -0.15) is 0 Å². The number of ether oxygens (including phenoxy) is 2. The van der Waals surface area contributed by atoms with E-state index in [-0.39, 0.29) is 54.6 Å². The molecule has 2 aliphatic rings. The Morgan fingerprint density at radius 2 is 1.84 bits per heavy atom. The Hall–Kier alpha value is -2.76. The molecule has 11 heteroatoms. The maximum Gasteiger partial charge on any atom is 0.242 e. The third-order valence-corrected chi connectivity index (χ3v) is 9.00. The highest BCUT2D eigenvalue weighted by molar-refractivity contribution is 5.84. The predicted octanol–water partition coefficient (Wildman–Crippen LogP) is 2.18. The molecule has 4 amide bonds. The van der Waals surface area contributed by atoms with Gasteiger partial charge in [0.05, 0.1) is 55.3 Å². The van der Waals surface area contributed by atoms with Crippen LogP contribution in [0.3, 0.4) is 0 Å². The molecule has 0 saturated carbocycles. The number of likely N-dealkylation sites (N-methyl/N-ethyl adjacent to an activating group) is 1. The van der Waals surface area contributed by atoms with Gasteiger partial charge in [0.25, 0.3) is 0 Å². The maximum atomic E-state index is 13.8. The second-order valence-corrected chi connectivity index (χ2v) is 12.0. The molecular weight excluding hydrogens is 552 g/mol. The first-order valence-electron chi connectivity index (χ1n) is 15.6. The Balaban J connectivity index is 2.13. The molecule has 0 unspecified atom stereocenters. The summed E-state index contributed by atoms with van der Waals surface area (Å²) >= 11 is 0. The minimum Gasteiger partial charge on any atom is -0.386 e. The molecule has 43 heavy (non-hydrogen) atoms. The molecule has 2 rings (SSSR count). The van der Waals surface area contributed by atoms with Crippen molar-refractivity contribution in [1.29, 1.82) is 0 Å². The van der Waals surface area contributed by atoms with Gasteiger partial charge in [-0.1, -0.05) is 45.4 Å². The zero-order valence-corrected chi connectivity index (χ0v) is 27.3. The van der Waals surface area contributed by atoms with Crippen LogP contribution in [0, 0.1) is 11.8 Å². The van der Waals surface area contributed by atoms with Gasteiger partial charge in [-0.15, -0.1) is 0 Å². The zero-order valence-electron chi connectivity index (χ0n) is 27.3. The SMILES string of the molecule is CC[C@H](C)[C@@H]([C@@H](CC(=O)N1CCC[C@H]1[C@H](OC)[C@@H](C)C(=O)N[C@H](C)[C@@H](O)C1=CCCC=C1)OC)N(C)C(=O)CNC(C)=O. The predicted molar refractivity (Wildman–Crippen MR) is 165 cm³/mol. The quantitative estimate of drug-likeness (QED) is 0.245. The van der Waals surface area contributed by atoms with Crippen LogP contribution in [-0.4, -0.2) is 109 Å². The maximum absolute atomic E-state index is 13.8. The number of hydrogen-bond donors (Lipinski definition) is 3. The largest absolute Gasteiger partial charge is 0.386 e. The molecule has 0 aromatic heterocycles. The summed E-state index contributed by atoms with van der Waals surface area (Å²) in [7, 11) is 4.77. The number of methoxy groups -OCH3 is 2. The van der Waals surface area contributed by atoms with Crippen molar-refractivity contribution >= 4 is 23.6 Å². The summed E-state index contributed by atoms with van der Waals surface area (Å²) in [5.74, 6) is -1.46. The van der Waals surface area contributed by atoms with Gasteiger partial charge >= 0.3 is 0 Å². The molecule has 1 fully saturated rings. The monoisotopic (exact) mass is 606 g/mol. The molecule has 1 saturated heterocycles. The third kappa shape index (κ3) is 9.87. The minimum atomic E-state index is -0.814. The number of nitrogens with one attached hydrogen (secondary N) is 2. The van der Waals surface area contributed by atoms with Crippen LogP contribution in [0.4, 0.5) is 0 Å². The van der Waals surface area contributed by atoms with Crippen LogP contribution >= 0.6 is 0 Å². The topological polar surface area (TPSA) is 138 Å². The second-order valence-electron chi connectivity index (χ2n) is 12.0. The minimum absolute atomic E-state index is 0.0334. The van der Waals surface area contributed by atoms with Crippen LogP contribution in [0.5, 0.6) is 0 Å². The molecule has 0 spiro atoms. The number of carbonyl (C=O) groups is 4. The number of nitrogens with zero attached hydrogens (tertiary/aromatic N) is 2. The molecule has 0 bridgehead atoms. The van der Waals surface area contributed by atoms with Gasteiger partial charge < -0.3 is 35.0 Å². The van der Waals surface area contributed by atoms with Crippen LogP contribution in [0.1, 0.15) is 73.1 Å². The average Bonchev–Trinajstić information content (AvgIpc) is 3.49. The lowest BCUT2D eigenvalue weighted by Gasteiger charge is -2.39. The first kappa shape index (κ1) is 36.4. The molecule has 1 heterocycles. The molecule has 11 nitrogen and oxygen atoms in total. The number of amides is 4. The molecule has 0 aromatic rings. The van der Waals surface area contributed by atoms with Gasteiger partial charge in [0.2, 0.25) is 23.6 Å². The Labute approximate surface area is 257 Å². The van der Waals surface area contributed by atoms with Crippen molar-refractivity contribution in [1.82, 2.24) is 20.4 Å². The number of hydrogen-bond acceptors (Lipinski definition) is 7. The Bertz CT molecular complexity index is 1020. The molecule has 244 valence electrons. The average molecular weight is 607 g/mol. The molecule has 0 aromatic carbocycles. The Morgan fingerprint density at radius 3 is 2.40 bits per heavy atom. The fourth-order valence-electron chi connectivity index (χ4n) is 6.23. The van der Waals surface area contributed by atoms with E-state index in [2.05, 4.69) is 10.6 Å². The van der Waals surface area contributed by atoms with Crippen molar-refractivity contribution < 1.29 is 33.8 Å². The third-order valence-electron chi connectivity index (χ3n) is 9.00. The molecule has 1 aliphatic carbocycles. The lowest BCUT2D eigenvalue weighted by molar-refractivity contribution is -0.145. The van der Waals surface area contributed by atoms with Crippen LogP contribution in [-0.2, 0) is 28.7 Å². The van der Waals surface area contributed by atoms with E-state index < -0.39 is 30.3 Å². The lowest BCUT2D eigenvalue weighted by atomic mass is 9.90. The second kappa shape index (κ2) is 17.5. The summed E-state index contributed by atoms with van der Waals surface area (Å²) in [5, 5.41) is 16.2. The molecule has 3 N–H and O–H groups in total.